The standard InChI is InChI=1S/C20H30N2O3S.ClH/c21-14-19(16-5-2-1-3-6-16)22-20(23)11-12-26(24,25)18-10-9-15-7-4-8-17(15)13-18;/h9-10,13,16,19H,1-8,11-12,14,21H2,(H,22,23);1H. The van der Waals surface area contributed by atoms with Gasteiger partial charge in [0.25, 0.3) is 0 Å². The number of halogens is 1. The molecule has 1 atom stereocenters. The van der Waals surface area contributed by atoms with Gasteiger partial charge < -0.3 is 11.1 Å². The average molecular weight is 415 g/mol. The first-order chi connectivity index (χ1) is 12.5. The van der Waals surface area contributed by atoms with Gasteiger partial charge in [-0.2, -0.15) is 0 Å². The Balaban J connectivity index is 0.00000261. The third-order valence-electron chi connectivity index (χ3n) is 5.85. The van der Waals surface area contributed by atoms with Crippen molar-refractivity contribution in [1.29, 1.82) is 0 Å². The minimum Gasteiger partial charge on any atom is -0.352 e. The van der Waals surface area contributed by atoms with Gasteiger partial charge in [-0.15, -0.1) is 12.4 Å². The van der Waals surface area contributed by atoms with Gasteiger partial charge in [0, 0.05) is 19.0 Å². The van der Waals surface area contributed by atoms with Crippen LogP contribution in [-0.4, -0.2) is 32.7 Å². The molecule has 2 aliphatic rings. The predicted molar refractivity (Wildman–Crippen MR) is 110 cm³/mol. The molecule has 1 fully saturated rings. The van der Waals surface area contributed by atoms with Crippen LogP contribution in [0.3, 0.4) is 0 Å². The van der Waals surface area contributed by atoms with E-state index in [1.807, 2.05) is 6.07 Å². The Morgan fingerprint density at radius 1 is 1.11 bits per heavy atom. The number of carbonyl (C=O) groups excluding carboxylic acids is 1. The number of amides is 1. The van der Waals surface area contributed by atoms with Gasteiger partial charge in [-0.25, -0.2) is 8.42 Å². The maximum Gasteiger partial charge on any atom is 0.221 e. The zero-order valence-corrected chi connectivity index (χ0v) is 17.4. The highest BCUT2D eigenvalue weighted by Gasteiger charge is 2.25. The highest BCUT2D eigenvalue weighted by Crippen LogP contribution is 2.27. The van der Waals surface area contributed by atoms with Crippen molar-refractivity contribution in [2.24, 2.45) is 11.7 Å². The van der Waals surface area contributed by atoms with Crippen LogP contribution in [0.5, 0.6) is 0 Å². The molecule has 0 bridgehead atoms. The Bertz CT molecular complexity index is 746. The van der Waals surface area contributed by atoms with Crippen LogP contribution in [0.4, 0.5) is 0 Å². The molecule has 3 N–H and O–H groups in total. The van der Waals surface area contributed by atoms with Gasteiger partial charge in [0.1, 0.15) is 0 Å². The second-order valence-corrected chi connectivity index (χ2v) is 9.77. The number of hydrogen-bond acceptors (Lipinski definition) is 4. The van der Waals surface area contributed by atoms with Gasteiger partial charge in [0.2, 0.25) is 5.91 Å². The van der Waals surface area contributed by atoms with Crippen LogP contribution in [0.1, 0.15) is 56.1 Å². The van der Waals surface area contributed by atoms with Crippen molar-refractivity contribution in [2.75, 3.05) is 12.3 Å². The molecular weight excluding hydrogens is 384 g/mol. The molecule has 5 nitrogen and oxygen atoms in total. The van der Waals surface area contributed by atoms with Crippen molar-refractivity contribution in [3.8, 4) is 0 Å². The molecule has 1 aromatic rings. The minimum absolute atomic E-state index is 0. The van der Waals surface area contributed by atoms with Crippen LogP contribution < -0.4 is 11.1 Å². The lowest BCUT2D eigenvalue weighted by molar-refractivity contribution is -0.121. The fraction of sp³-hybridized carbons (Fsp3) is 0.650. The van der Waals surface area contributed by atoms with Crippen molar-refractivity contribution in [3.63, 3.8) is 0 Å². The summed E-state index contributed by atoms with van der Waals surface area (Å²) in [4.78, 5) is 12.6. The molecule has 1 amide bonds. The normalized spacial score (nSPS) is 18.4. The molecule has 152 valence electrons. The summed E-state index contributed by atoms with van der Waals surface area (Å²) in [7, 11) is -3.44. The van der Waals surface area contributed by atoms with Crippen LogP contribution in [0.2, 0.25) is 0 Å². The second kappa shape index (κ2) is 9.89. The highest BCUT2D eigenvalue weighted by molar-refractivity contribution is 7.91. The minimum atomic E-state index is -3.44. The van der Waals surface area contributed by atoms with E-state index in [1.165, 1.54) is 24.8 Å². The molecule has 1 unspecified atom stereocenters. The third-order valence-corrected chi connectivity index (χ3v) is 7.56. The Morgan fingerprint density at radius 2 is 1.81 bits per heavy atom. The average Bonchev–Trinajstić information content (AvgIpc) is 3.13. The highest BCUT2D eigenvalue weighted by atomic mass is 35.5. The van der Waals surface area contributed by atoms with Crippen molar-refractivity contribution in [1.82, 2.24) is 5.32 Å². The summed E-state index contributed by atoms with van der Waals surface area (Å²) in [6.07, 6.45) is 8.85. The van der Waals surface area contributed by atoms with Crippen LogP contribution in [0, 0.1) is 5.92 Å². The molecule has 0 radical (unpaired) electrons. The predicted octanol–water partition coefficient (Wildman–Crippen LogP) is 2.78. The van der Waals surface area contributed by atoms with Crippen molar-refractivity contribution >= 4 is 28.2 Å². The molecular formula is C20H31ClN2O3S. The number of benzene rings is 1. The van der Waals surface area contributed by atoms with Gasteiger partial charge >= 0.3 is 0 Å². The zero-order chi connectivity index (χ0) is 18.6. The summed E-state index contributed by atoms with van der Waals surface area (Å²) in [5.41, 5.74) is 8.23. The number of carbonyl (C=O) groups is 1. The fourth-order valence-electron chi connectivity index (χ4n) is 4.27. The molecule has 0 saturated heterocycles. The fourth-order valence-corrected chi connectivity index (χ4v) is 5.56. The van der Waals surface area contributed by atoms with Crippen molar-refractivity contribution in [2.45, 2.75) is 68.7 Å². The maximum atomic E-state index is 12.6. The lowest BCUT2D eigenvalue weighted by atomic mass is 9.84. The van der Waals surface area contributed by atoms with E-state index in [0.29, 0.717) is 17.4 Å². The van der Waals surface area contributed by atoms with E-state index in [4.69, 9.17) is 5.73 Å². The van der Waals surface area contributed by atoms with E-state index in [2.05, 4.69) is 5.32 Å². The Morgan fingerprint density at radius 3 is 2.52 bits per heavy atom. The first-order valence-electron chi connectivity index (χ1n) is 9.83. The van der Waals surface area contributed by atoms with E-state index in [0.717, 1.165) is 37.7 Å². The molecule has 0 heterocycles. The molecule has 0 aliphatic heterocycles. The summed E-state index contributed by atoms with van der Waals surface area (Å²) in [6, 6.07) is 5.36. The number of hydrogen-bond donors (Lipinski definition) is 2. The first kappa shape index (κ1) is 22.2. The second-order valence-electron chi connectivity index (χ2n) is 7.66. The summed E-state index contributed by atoms with van der Waals surface area (Å²) in [6.45, 7) is 0.411. The Labute approximate surface area is 168 Å². The molecule has 0 aromatic heterocycles. The van der Waals surface area contributed by atoms with Gasteiger partial charge in [-0.05, 0) is 61.3 Å². The molecule has 7 heteroatoms. The van der Waals surface area contributed by atoms with E-state index in [9.17, 15) is 13.2 Å². The van der Waals surface area contributed by atoms with Gasteiger partial charge in [0.05, 0.1) is 10.6 Å². The molecule has 1 saturated carbocycles. The summed E-state index contributed by atoms with van der Waals surface area (Å²) < 4.78 is 25.2. The van der Waals surface area contributed by atoms with Crippen LogP contribution in [0.15, 0.2) is 23.1 Å². The number of fused-ring (bicyclic) bond motifs is 1. The smallest absolute Gasteiger partial charge is 0.221 e. The largest absolute Gasteiger partial charge is 0.352 e. The lowest BCUT2D eigenvalue weighted by Crippen LogP contribution is -2.46. The summed E-state index contributed by atoms with van der Waals surface area (Å²) in [5.74, 6) is 0.0568. The van der Waals surface area contributed by atoms with E-state index in [-0.39, 0.29) is 36.5 Å². The molecule has 2 aliphatic carbocycles. The summed E-state index contributed by atoms with van der Waals surface area (Å²) in [5, 5.41) is 2.97. The van der Waals surface area contributed by atoms with E-state index >= 15 is 0 Å². The maximum absolute atomic E-state index is 12.6. The number of aryl methyl sites for hydroxylation is 2. The third kappa shape index (κ3) is 5.69. The zero-order valence-electron chi connectivity index (χ0n) is 15.8. The first-order valence-corrected chi connectivity index (χ1v) is 11.5. The van der Waals surface area contributed by atoms with Crippen molar-refractivity contribution in [3.05, 3.63) is 29.3 Å². The Kier molecular flexibility index (Phi) is 8.13. The SMILES string of the molecule is Cl.NCC(NC(=O)CCS(=O)(=O)c1ccc2c(c1)CCC2)C1CCCCC1. The Hall–Kier alpha value is -1.11. The molecule has 1 aromatic carbocycles. The van der Waals surface area contributed by atoms with Crippen LogP contribution >= 0.6 is 12.4 Å². The van der Waals surface area contributed by atoms with Gasteiger partial charge in [-0.3, -0.25) is 4.79 Å². The number of nitrogens with one attached hydrogen (secondary N) is 1. The van der Waals surface area contributed by atoms with E-state index in [1.54, 1.807) is 12.1 Å². The van der Waals surface area contributed by atoms with Gasteiger partial charge in [-0.1, -0.05) is 25.3 Å². The molecule has 3 rings (SSSR count). The monoisotopic (exact) mass is 414 g/mol. The summed E-state index contributed by atoms with van der Waals surface area (Å²) >= 11 is 0. The number of sulfone groups is 1. The molecule has 0 spiro atoms. The van der Waals surface area contributed by atoms with Crippen LogP contribution in [0.25, 0.3) is 0 Å². The number of nitrogens with two attached hydrogens (primary N) is 1. The quantitative estimate of drug-likeness (QED) is 0.717. The molecule has 27 heavy (non-hydrogen) atoms. The van der Waals surface area contributed by atoms with Gasteiger partial charge in [0.15, 0.2) is 9.84 Å². The number of rotatable bonds is 7. The lowest BCUT2D eigenvalue weighted by Gasteiger charge is -2.30. The topological polar surface area (TPSA) is 89.3 Å². The van der Waals surface area contributed by atoms with Crippen molar-refractivity contribution < 1.29 is 13.2 Å². The van der Waals surface area contributed by atoms with Crippen LogP contribution in [-0.2, 0) is 27.5 Å². The van der Waals surface area contributed by atoms with E-state index < -0.39 is 9.84 Å².